The first-order chi connectivity index (χ1) is 8.51. The third-order valence-corrected chi connectivity index (χ3v) is 2.37. The third-order valence-electron chi connectivity index (χ3n) is 2.37. The Labute approximate surface area is 103 Å². The van der Waals surface area contributed by atoms with Gasteiger partial charge in [-0.1, -0.05) is 0 Å². The topological polar surface area (TPSA) is 113 Å². The van der Waals surface area contributed by atoms with Gasteiger partial charge in [0.25, 0.3) is 5.69 Å². The van der Waals surface area contributed by atoms with E-state index in [-0.39, 0.29) is 17.0 Å². The summed E-state index contributed by atoms with van der Waals surface area (Å²) in [5, 5.41) is 38.6. The van der Waals surface area contributed by atoms with Crippen LogP contribution in [-0.4, -0.2) is 39.6 Å². The summed E-state index contributed by atoms with van der Waals surface area (Å²) in [6, 6.07) is 3.71. The molecule has 7 nitrogen and oxygen atoms in total. The second kappa shape index (κ2) is 6.29. The van der Waals surface area contributed by atoms with Gasteiger partial charge in [0, 0.05) is 17.7 Å². The van der Waals surface area contributed by atoms with Crippen LogP contribution >= 0.6 is 0 Å². The van der Waals surface area contributed by atoms with Crippen molar-refractivity contribution in [2.24, 2.45) is 0 Å². The highest BCUT2D eigenvalue weighted by molar-refractivity contribution is 5.45. The van der Waals surface area contributed by atoms with Crippen molar-refractivity contribution in [3.63, 3.8) is 0 Å². The first-order valence-corrected chi connectivity index (χ1v) is 5.39. The van der Waals surface area contributed by atoms with E-state index in [1.54, 1.807) is 6.92 Å². The van der Waals surface area contributed by atoms with Crippen molar-refractivity contribution in [1.82, 2.24) is 0 Å². The van der Waals surface area contributed by atoms with E-state index in [9.17, 15) is 20.3 Å². The van der Waals surface area contributed by atoms with Crippen LogP contribution in [-0.2, 0) is 0 Å². The molecular weight excluding hydrogens is 242 g/mol. The number of aliphatic hydroxyl groups excluding tert-OH is 3. The van der Waals surface area contributed by atoms with Crippen molar-refractivity contribution in [3.8, 4) is 5.75 Å². The minimum atomic E-state index is -1.45. The van der Waals surface area contributed by atoms with Gasteiger partial charge < -0.3 is 20.1 Å². The molecule has 0 radical (unpaired) electrons. The van der Waals surface area contributed by atoms with E-state index < -0.39 is 23.7 Å². The molecule has 0 saturated heterocycles. The molecule has 0 saturated carbocycles. The molecule has 0 aliphatic rings. The molecule has 0 aliphatic carbocycles. The molecular formula is C11H15NO6. The molecule has 2 unspecified atom stereocenters. The Bertz CT molecular complexity index is 422. The quantitative estimate of drug-likeness (QED) is 0.501. The van der Waals surface area contributed by atoms with Gasteiger partial charge in [0.05, 0.1) is 18.1 Å². The van der Waals surface area contributed by atoms with Crippen LogP contribution in [0, 0.1) is 10.1 Å². The molecule has 1 aromatic carbocycles. The molecule has 3 N–H and O–H groups in total. The summed E-state index contributed by atoms with van der Waals surface area (Å²) in [5.74, 6) is 0.239. The molecule has 0 amide bonds. The maximum absolute atomic E-state index is 10.7. The minimum Gasteiger partial charge on any atom is -0.493 e. The van der Waals surface area contributed by atoms with Gasteiger partial charge in [0.1, 0.15) is 18.0 Å². The molecule has 0 heterocycles. The van der Waals surface area contributed by atoms with Gasteiger partial charge in [-0.3, -0.25) is 10.1 Å². The predicted molar refractivity (Wildman–Crippen MR) is 62.3 cm³/mol. The third kappa shape index (κ3) is 3.16. The van der Waals surface area contributed by atoms with E-state index in [0.717, 1.165) is 6.07 Å². The van der Waals surface area contributed by atoms with Gasteiger partial charge in [0.2, 0.25) is 0 Å². The standard InChI is InChI=1S/C11H15NO6/c1-2-18-10-4-3-7(12(16)17)5-8(10)11(15)9(14)6-13/h3-5,9,11,13-15H,2,6H2,1H3. The summed E-state index contributed by atoms with van der Waals surface area (Å²) in [6.45, 7) is 1.38. The smallest absolute Gasteiger partial charge is 0.270 e. The van der Waals surface area contributed by atoms with Crippen LogP contribution in [0.1, 0.15) is 18.6 Å². The number of ether oxygens (including phenoxy) is 1. The lowest BCUT2D eigenvalue weighted by molar-refractivity contribution is -0.385. The summed E-state index contributed by atoms with van der Waals surface area (Å²) >= 11 is 0. The fraction of sp³-hybridized carbons (Fsp3) is 0.455. The van der Waals surface area contributed by atoms with E-state index >= 15 is 0 Å². The Morgan fingerprint density at radius 2 is 2.11 bits per heavy atom. The molecule has 0 fully saturated rings. The predicted octanol–water partition coefficient (Wildman–Crippen LogP) is 0.380. The Kier molecular flexibility index (Phi) is 5.02. The lowest BCUT2D eigenvalue weighted by Gasteiger charge is -2.18. The number of nitro benzene ring substituents is 1. The number of non-ortho nitro benzene ring substituents is 1. The van der Waals surface area contributed by atoms with Crippen LogP contribution in [0.3, 0.4) is 0 Å². The number of nitro groups is 1. The molecule has 100 valence electrons. The van der Waals surface area contributed by atoms with Crippen LogP contribution in [0.15, 0.2) is 18.2 Å². The largest absolute Gasteiger partial charge is 0.493 e. The molecule has 0 aromatic heterocycles. The number of benzene rings is 1. The molecule has 0 spiro atoms. The van der Waals surface area contributed by atoms with Gasteiger partial charge in [0.15, 0.2) is 0 Å². The highest BCUT2D eigenvalue weighted by Crippen LogP contribution is 2.31. The highest BCUT2D eigenvalue weighted by Gasteiger charge is 2.23. The van der Waals surface area contributed by atoms with Gasteiger partial charge in [-0.25, -0.2) is 0 Å². The molecule has 1 rings (SSSR count). The fourth-order valence-electron chi connectivity index (χ4n) is 1.47. The zero-order chi connectivity index (χ0) is 13.7. The number of hydrogen-bond acceptors (Lipinski definition) is 6. The summed E-state index contributed by atoms with van der Waals surface area (Å²) in [5.41, 5.74) is -0.148. The van der Waals surface area contributed by atoms with Crippen molar-refractivity contribution >= 4 is 5.69 Å². The normalized spacial score (nSPS) is 14.0. The number of hydrogen-bond donors (Lipinski definition) is 3. The maximum Gasteiger partial charge on any atom is 0.270 e. The second-order valence-electron chi connectivity index (χ2n) is 3.61. The summed E-state index contributed by atoms with van der Waals surface area (Å²) in [6.07, 6.45) is -2.87. The summed E-state index contributed by atoms with van der Waals surface area (Å²) in [4.78, 5) is 10.0. The zero-order valence-electron chi connectivity index (χ0n) is 9.81. The molecule has 0 bridgehead atoms. The average molecular weight is 257 g/mol. The molecule has 18 heavy (non-hydrogen) atoms. The first-order valence-electron chi connectivity index (χ1n) is 5.39. The molecule has 1 aromatic rings. The lowest BCUT2D eigenvalue weighted by Crippen LogP contribution is -2.22. The van der Waals surface area contributed by atoms with Crippen molar-refractivity contribution in [3.05, 3.63) is 33.9 Å². The second-order valence-corrected chi connectivity index (χ2v) is 3.61. The fourth-order valence-corrected chi connectivity index (χ4v) is 1.47. The van der Waals surface area contributed by atoms with Gasteiger partial charge in [-0.05, 0) is 13.0 Å². The van der Waals surface area contributed by atoms with Crippen LogP contribution in [0.5, 0.6) is 5.75 Å². The van der Waals surface area contributed by atoms with Gasteiger partial charge in [-0.2, -0.15) is 0 Å². The van der Waals surface area contributed by atoms with Crippen molar-refractivity contribution in [2.75, 3.05) is 13.2 Å². The van der Waals surface area contributed by atoms with Crippen LogP contribution in [0.2, 0.25) is 0 Å². The molecule has 2 atom stereocenters. The van der Waals surface area contributed by atoms with E-state index in [1.807, 2.05) is 0 Å². The highest BCUT2D eigenvalue weighted by atomic mass is 16.6. The summed E-state index contributed by atoms with van der Waals surface area (Å²) in [7, 11) is 0. The monoisotopic (exact) mass is 257 g/mol. The number of nitrogens with zero attached hydrogens (tertiary/aromatic N) is 1. The summed E-state index contributed by atoms with van der Waals surface area (Å²) < 4.78 is 5.21. The van der Waals surface area contributed by atoms with Crippen LogP contribution in [0.25, 0.3) is 0 Å². The zero-order valence-corrected chi connectivity index (χ0v) is 9.81. The lowest BCUT2D eigenvalue weighted by atomic mass is 10.0. The van der Waals surface area contributed by atoms with Gasteiger partial charge in [-0.15, -0.1) is 0 Å². The number of aliphatic hydroxyl groups is 3. The maximum atomic E-state index is 10.7. The minimum absolute atomic E-state index is 0.0765. The first kappa shape index (κ1) is 14.4. The van der Waals surface area contributed by atoms with Crippen LogP contribution in [0.4, 0.5) is 5.69 Å². The van der Waals surface area contributed by atoms with Crippen molar-refractivity contribution < 1.29 is 25.0 Å². The van der Waals surface area contributed by atoms with E-state index in [0.29, 0.717) is 6.61 Å². The molecule has 7 heteroatoms. The van der Waals surface area contributed by atoms with E-state index in [1.165, 1.54) is 12.1 Å². The average Bonchev–Trinajstić information content (AvgIpc) is 2.37. The Morgan fingerprint density at radius 1 is 1.44 bits per heavy atom. The van der Waals surface area contributed by atoms with Crippen molar-refractivity contribution in [2.45, 2.75) is 19.1 Å². The van der Waals surface area contributed by atoms with Crippen LogP contribution < -0.4 is 4.74 Å². The van der Waals surface area contributed by atoms with E-state index in [2.05, 4.69) is 0 Å². The SMILES string of the molecule is CCOc1ccc([N+](=O)[O-])cc1C(O)C(O)CO. The molecule has 0 aliphatic heterocycles. The van der Waals surface area contributed by atoms with Crippen molar-refractivity contribution in [1.29, 1.82) is 0 Å². The van der Waals surface area contributed by atoms with E-state index in [4.69, 9.17) is 9.84 Å². The van der Waals surface area contributed by atoms with Gasteiger partial charge >= 0.3 is 0 Å². The Balaban J connectivity index is 3.18. The Morgan fingerprint density at radius 3 is 2.61 bits per heavy atom. The number of rotatable bonds is 6. The Hall–Kier alpha value is -1.70.